The van der Waals surface area contributed by atoms with Crippen molar-refractivity contribution in [2.45, 2.75) is 25.9 Å². The fourth-order valence-electron chi connectivity index (χ4n) is 2.18. The lowest BCUT2D eigenvalue weighted by Crippen LogP contribution is -2.41. The number of ether oxygens (including phenoxy) is 1. The molecule has 2 rings (SSSR count). The van der Waals surface area contributed by atoms with E-state index in [1.807, 2.05) is 6.92 Å². The van der Waals surface area contributed by atoms with Gasteiger partial charge in [-0.1, -0.05) is 0 Å². The topological polar surface area (TPSA) is 62.9 Å². The van der Waals surface area contributed by atoms with Crippen molar-refractivity contribution in [1.29, 1.82) is 0 Å². The Kier molecular flexibility index (Phi) is 4.38. The number of furan rings is 1. The van der Waals surface area contributed by atoms with Gasteiger partial charge in [0, 0.05) is 18.7 Å². The second kappa shape index (κ2) is 6.02. The van der Waals surface area contributed by atoms with Crippen molar-refractivity contribution >= 4 is 5.91 Å². The molecule has 5 heteroatoms. The summed E-state index contributed by atoms with van der Waals surface area (Å²) in [5.41, 5.74) is 0.874. The molecule has 0 atom stereocenters. The Morgan fingerprint density at radius 1 is 1.56 bits per heavy atom. The Balaban J connectivity index is 1.86. The van der Waals surface area contributed by atoms with Gasteiger partial charge in [0.15, 0.2) is 5.76 Å². The highest BCUT2D eigenvalue weighted by atomic mass is 16.5. The predicted molar refractivity (Wildman–Crippen MR) is 65.4 cm³/mol. The third kappa shape index (κ3) is 2.91. The lowest BCUT2D eigenvalue weighted by Gasteiger charge is -2.31. The molecule has 0 aromatic carbocycles. The van der Waals surface area contributed by atoms with Gasteiger partial charge in [-0.2, -0.15) is 0 Å². The molecule has 0 spiro atoms. The minimum absolute atomic E-state index is 0.0434. The summed E-state index contributed by atoms with van der Waals surface area (Å²) < 4.78 is 10.7. The fraction of sp³-hybridized carbons (Fsp3) is 0.615. The van der Waals surface area contributed by atoms with Gasteiger partial charge in [-0.25, -0.2) is 0 Å². The maximum atomic E-state index is 12.2. The molecular formula is C13H19NO4. The van der Waals surface area contributed by atoms with Gasteiger partial charge in [0.25, 0.3) is 5.91 Å². The summed E-state index contributed by atoms with van der Waals surface area (Å²) in [6.07, 6.45) is 3.32. The number of nitrogens with zero attached hydrogens (tertiary/aromatic N) is 1. The predicted octanol–water partition coefficient (Wildman–Crippen LogP) is 1.20. The van der Waals surface area contributed by atoms with Crippen molar-refractivity contribution in [3.63, 3.8) is 0 Å². The quantitative estimate of drug-likeness (QED) is 0.875. The first kappa shape index (κ1) is 13.1. The molecule has 1 aromatic heterocycles. The van der Waals surface area contributed by atoms with Crippen molar-refractivity contribution in [3.8, 4) is 0 Å². The van der Waals surface area contributed by atoms with Crippen LogP contribution in [0.5, 0.6) is 0 Å². The van der Waals surface area contributed by atoms with Crippen molar-refractivity contribution in [2.24, 2.45) is 0 Å². The van der Waals surface area contributed by atoms with E-state index in [1.165, 1.54) is 0 Å². The summed E-state index contributed by atoms with van der Waals surface area (Å²) in [6, 6.07) is 1.80. The number of aliphatic hydroxyl groups excluding tert-OH is 1. The van der Waals surface area contributed by atoms with Crippen LogP contribution >= 0.6 is 0 Å². The van der Waals surface area contributed by atoms with Gasteiger partial charge < -0.3 is 19.2 Å². The van der Waals surface area contributed by atoms with E-state index < -0.39 is 0 Å². The first-order chi connectivity index (χ1) is 8.72. The second-order valence-corrected chi connectivity index (χ2v) is 4.52. The summed E-state index contributed by atoms with van der Waals surface area (Å²) in [6.45, 7) is 3.64. The number of hydrogen-bond donors (Lipinski definition) is 1. The van der Waals surface area contributed by atoms with Crippen LogP contribution < -0.4 is 0 Å². The van der Waals surface area contributed by atoms with Crippen LogP contribution in [0.25, 0.3) is 0 Å². The normalized spacial score (nSPS) is 17.1. The van der Waals surface area contributed by atoms with Gasteiger partial charge in [0.1, 0.15) is 0 Å². The van der Waals surface area contributed by atoms with Crippen LogP contribution in [0.3, 0.4) is 0 Å². The van der Waals surface area contributed by atoms with E-state index >= 15 is 0 Å². The zero-order valence-corrected chi connectivity index (χ0v) is 10.6. The molecular weight excluding hydrogens is 234 g/mol. The first-order valence-corrected chi connectivity index (χ1v) is 6.28. The average Bonchev–Trinajstić information content (AvgIpc) is 2.82. The molecule has 1 aromatic rings. The van der Waals surface area contributed by atoms with Gasteiger partial charge in [-0.15, -0.1) is 0 Å². The number of carbonyl (C=O) groups is 1. The highest BCUT2D eigenvalue weighted by molar-refractivity contribution is 5.92. The SMILES string of the molecule is Cc1ccoc1C(=O)N1CCC(OCCO)CC1. The maximum absolute atomic E-state index is 12.2. The Bertz CT molecular complexity index is 393. The summed E-state index contributed by atoms with van der Waals surface area (Å²) in [5.74, 6) is 0.392. The largest absolute Gasteiger partial charge is 0.459 e. The van der Waals surface area contributed by atoms with E-state index in [0.29, 0.717) is 25.5 Å². The van der Waals surface area contributed by atoms with Crippen LogP contribution in [-0.2, 0) is 4.74 Å². The van der Waals surface area contributed by atoms with Crippen LogP contribution in [0.1, 0.15) is 29.0 Å². The average molecular weight is 253 g/mol. The van der Waals surface area contributed by atoms with Crippen LogP contribution in [0.4, 0.5) is 0 Å². The van der Waals surface area contributed by atoms with E-state index in [2.05, 4.69) is 0 Å². The number of aryl methyl sites for hydroxylation is 1. The maximum Gasteiger partial charge on any atom is 0.289 e. The fourth-order valence-corrected chi connectivity index (χ4v) is 2.18. The van der Waals surface area contributed by atoms with Crippen molar-refractivity contribution in [1.82, 2.24) is 4.90 Å². The number of carbonyl (C=O) groups excluding carboxylic acids is 1. The van der Waals surface area contributed by atoms with E-state index in [4.69, 9.17) is 14.3 Å². The zero-order valence-electron chi connectivity index (χ0n) is 10.6. The molecule has 18 heavy (non-hydrogen) atoms. The van der Waals surface area contributed by atoms with Crippen molar-refractivity contribution in [3.05, 3.63) is 23.7 Å². The molecule has 0 radical (unpaired) electrons. The molecule has 0 bridgehead atoms. The molecule has 1 saturated heterocycles. The summed E-state index contributed by atoms with van der Waals surface area (Å²) in [5, 5.41) is 8.69. The Labute approximate surface area is 106 Å². The van der Waals surface area contributed by atoms with Gasteiger partial charge in [-0.05, 0) is 25.8 Å². The third-order valence-corrected chi connectivity index (χ3v) is 3.23. The molecule has 0 aliphatic carbocycles. The van der Waals surface area contributed by atoms with Gasteiger partial charge in [0.2, 0.25) is 0 Å². The van der Waals surface area contributed by atoms with Crippen LogP contribution in [0.15, 0.2) is 16.7 Å². The van der Waals surface area contributed by atoms with Crippen molar-refractivity contribution in [2.75, 3.05) is 26.3 Å². The Morgan fingerprint density at radius 2 is 2.28 bits per heavy atom. The minimum atomic E-state index is -0.0434. The molecule has 1 fully saturated rings. The number of piperidine rings is 1. The highest BCUT2D eigenvalue weighted by Crippen LogP contribution is 2.18. The third-order valence-electron chi connectivity index (χ3n) is 3.23. The molecule has 0 unspecified atom stereocenters. The Hall–Kier alpha value is -1.33. The number of hydrogen-bond acceptors (Lipinski definition) is 4. The summed E-state index contributed by atoms with van der Waals surface area (Å²) >= 11 is 0. The van der Waals surface area contributed by atoms with Gasteiger partial charge >= 0.3 is 0 Å². The molecule has 5 nitrogen and oxygen atoms in total. The lowest BCUT2D eigenvalue weighted by molar-refractivity contribution is -0.00609. The molecule has 100 valence electrons. The van der Waals surface area contributed by atoms with Crippen molar-refractivity contribution < 1.29 is 19.1 Å². The molecule has 0 saturated carbocycles. The standard InChI is InChI=1S/C13H19NO4/c1-10-4-8-18-12(10)13(16)14-5-2-11(3-6-14)17-9-7-15/h4,8,11,15H,2-3,5-7,9H2,1H3. The highest BCUT2D eigenvalue weighted by Gasteiger charge is 2.26. The first-order valence-electron chi connectivity index (χ1n) is 6.28. The summed E-state index contributed by atoms with van der Waals surface area (Å²) in [7, 11) is 0. The monoisotopic (exact) mass is 253 g/mol. The lowest BCUT2D eigenvalue weighted by atomic mass is 10.1. The number of rotatable bonds is 4. The van der Waals surface area contributed by atoms with Gasteiger partial charge in [-0.3, -0.25) is 4.79 Å². The van der Waals surface area contributed by atoms with Gasteiger partial charge in [0.05, 0.1) is 25.6 Å². The van der Waals surface area contributed by atoms with Crippen LogP contribution in [-0.4, -0.2) is 48.3 Å². The van der Waals surface area contributed by atoms with Crippen LogP contribution in [0, 0.1) is 6.92 Å². The minimum Gasteiger partial charge on any atom is -0.459 e. The smallest absolute Gasteiger partial charge is 0.289 e. The summed E-state index contributed by atoms with van der Waals surface area (Å²) in [4.78, 5) is 14.0. The number of likely N-dealkylation sites (tertiary alicyclic amines) is 1. The van der Waals surface area contributed by atoms with Crippen LogP contribution in [0.2, 0.25) is 0 Å². The molecule has 1 amide bonds. The molecule has 1 aliphatic rings. The Morgan fingerprint density at radius 3 is 2.83 bits per heavy atom. The number of aliphatic hydroxyl groups is 1. The molecule has 2 heterocycles. The van der Waals surface area contributed by atoms with E-state index in [1.54, 1.807) is 17.2 Å². The van der Waals surface area contributed by atoms with E-state index in [-0.39, 0.29) is 18.6 Å². The zero-order chi connectivity index (χ0) is 13.0. The second-order valence-electron chi connectivity index (χ2n) is 4.52. The van der Waals surface area contributed by atoms with E-state index in [0.717, 1.165) is 18.4 Å². The molecule has 1 aliphatic heterocycles. The molecule has 1 N–H and O–H groups in total. The van der Waals surface area contributed by atoms with E-state index in [9.17, 15) is 4.79 Å². The number of amides is 1.